The minimum atomic E-state index is 0.0790. The average molecular weight is 394 g/mol. The van der Waals surface area contributed by atoms with Crippen molar-refractivity contribution < 1.29 is 0 Å². The van der Waals surface area contributed by atoms with Gasteiger partial charge >= 0.3 is 0 Å². The summed E-state index contributed by atoms with van der Waals surface area (Å²) in [5, 5.41) is 13.5. The Kier molecular flexibility index (Phi) is 6.00. The molecule has 0 aliphatic carbocycles. The van der Waals surface area contributed by atoms with Gasteiger partial charge in [0, 0.05) is 54.0 Å². The van der Waals surface area contributed by atoms with E-state index < -0.39 is 0 Å². The van der Waals surface area contributed by atoms with Crippen molar-refractivity contribution in [1.82, 2.24) is 14.6 Å². The smallest absolute Gasteiger partial charge is 0.0656 e. The fourth-order valence-corrected chi connectivity index (χ4v) is 4.32. The molecule has 1 aliphatic rings. The Hall–Kier alpha value is -2.28. The van der Waals surface area contributed by atoms with Crippen molar-refractivity contribution in [3.63, 3.8) is 0 Å². The van der Waals surface area contributed by atoms with Crippen molar-refractivity contribution in [3.05, 3.63) is 60.3 Å². The van der Waals surface area contributed by atoms with E-state index in [0.29, 0.717) is 5.71 Å². The van der Waals surface area contributed by atoms with Gasteiger partial charge in [-0.2, -0.15) is 0 Å². The zero-order chi connectivity index (χ0) is 19.3. The summed E-state index contributed by atoms with van der Waals surface area (Å²) >= 11 is 1.64. The number of nitrogens with zero attached hydrogens (tertiary/aromatic N) is 1. The van der Waals surface area contributed by atoms with Crippen LogP contribution < -0.4 is 10.0 Å². The zero-order valence-electron chi connectivity index (χ0n) is 16.2. The number of fused-ring (bicyclic) bond motifs is 1. The van der Waals surface area contributed by atoms with Crippen LogP contribution in [0.4, 0.5) is 5.69 Å². The molecule has 1 saturated heterocycles. The minimum absolute atomic E-state index is 0.0790. The molecule has 0 spiro atoms. The van der Waals surface area contributed by atoms with Crippen LogP contribution in [0, 0.1) is 5.41 Å². The van der Waals surface area contributed by atoms with Crippen molar-refractivity contribution in [2.24, 2.45) is 0 Å². The molecule has 1 aliphatic heterocycles. The topological polar surface area (TPSA) is 66.9 Å². The Morgan fingerprint density at radius 1 is 1.21 bits per heavy atom. The van der Waals surface area contributed by atoms with Crippen LogP contribution >= 0.6 is 11.9 Å². The van der Waals surface area contributed by atoms with Gasteiger partial charge < -0.3 is 15.7 Å². The largest absolute Gasteiger partial charge is 0.385 e. The zero-order valence-corrected chi connectivity index (χ0v) is 17.0. The first-order valence-corrected chi connectivity index (χ1v) is 10.7. The van der Waals surface area contributed by atoms with E-state index in [4.69, 9.17) is 5.41 Å². The molecule has 4 rings (SSSR count). The van der Waals surface area contributed by atoms with E-state index in [-0.39, 0.29) is 6.04 Å². The van der Waals surface area contributed by atoms with E-state index in [2.05, 4.69) is 63.2 Å². The van der Waals surface area contributed by atoms with Gasteiger partial charge in [-0.15, -0.1) is 0 Å². The lowest BCUT2D eigenvalue weighted by Gasteiger charge is -2.39. The van der Waals surface area contributed by atoms with Crippen molar-refractivity contribution in [2.75, 3.05) is 31.5 Å². The van der Waals surface area contributed by atoms with E-state index in [1.807, 2.05) is 18.3 Å². The molecular formula is C22H27N5S. The number of nitrogens with one attached hydrogen (secondary N) is 4. The molecule has 0 saturated carbocycles. The van der Waals surface area contributed by atoms with Crippen molar-refractivity contribution >= 4 is 34.2 Å². The number of hydrogen-bond donors (Lipinski definition) is 4. The third-order valence-electron chi connectivity index (χ3n) is 5.24. The van der Waals surface area contributed by atoms with Crippen LogP contribution in [0.2, 0.25) is 0 Å². The Morgan fingerprint density at radius 2 is 2.07 bits per heavy atom. The molecule has 5 nitrogen and oxygen atoms in total. The van der Waals surface area contributed by atoms with Gasteiger partial charge in [0.2, 0.25) is 0 Å². The first-order chi connectivity index (χ1) is 13.8. The van der Waals surface area contributed by atoms with Crippen LogP contribution in [-0.2, 0) is 0 Å². The third kappa shape index (κ3) is 4.09. The van der Waals surface area contributed by atoms with Gasteiger partial charge in [0.1, 0.15) is 0 Å². The molecule has 6 heteroatoms. The minimum Gasteiger partial charge on any atom is -0.385 e. The number of aromatic amines is 1. The van der Waals surface area contributed by atoms with Gasteiger partial charge in [-0.1, -0.05) is 24.3 Å². The van der Waals surface area contributed by atoms with Crippen LogP contribution in [0.5, 0.6) is 0 Å². The number of para-hydroxylation sites is 1. The molecule has 146 valence electrons. The van der Waals surface area contributed by atoms with E-state index >= 15 is 0 Å². The fraction of sp³-hybridized carbons (Fsp3) is 0.318. The normalized spacial score (nSPS) is 15.3. The molecule has 0 bridgehead atoms. The molecule has 1 unspecified atom stereocenters. The Bertz CT molecular complexity index is 947. The van der Waals surface area contributed by atoms with Gasteiger partial charge in [0.05, 0.1) is 11.8 Å². The summed E-state index contributed by atoms with van der Waals surface area (Å²) < 4.78 is 3.51. The van der Waals surface area contributed by atoms with Crippen LogP contribution in [0.25, 0.3) is 10.9 Å². The third-order valence-corrected chi connectivity index (χ3v) is 6.04. The van der Waals surface area contributed by atoms with E-state index in [1.54, 1.807) is 11.9 Å². The molecular weight excluding hydrogens is 366 g/mol. The van der Waals surface area contributed by atoms with Gasteiger partial charge in [-0.05, 0) is 54.9 Å². The van der Waals surface area contributed by atoms with E-state index in [0.717, 1.165) is 42.9 Å². The second-order valence-corrected chi connectivity index (χ2v) is 8.04. The summed E-state index contributed by atoms with van der Waals surface area (Å²) in [6.45, 7) is 5.82. The molecule has 1 atom stereocenters. The highest BCUT2D eigenvalue weighted by atomic mass is 32.2. The van der Waals surface area contributed by atoms with Crippen molar-refractivity contribution in [3.8, 4) is 0 Å². The SMILES string of the molecule is CCNc1ccccc1C(=N)C(CNSc1ccc2cc[nH]c2c1)N1CCC1. The second kappa shape index (κ2) is 8.82. The van der Waals surface area contributed by atoms with Crippen LogP contribution in [0.3, 0.4) is 0 Å². The molecule has 1 aromatic heterocycles. The number of rotatable bonds is 9. The molecule has 0 amide bonds. The monoisotopic (exact) mass is 393 g/mol. The fourth-order valence-electron chi connectivity index (χ4n) is 3.60. The van der Waals surface area contributed by atoms with Crippen molar-refractivity contribution in [2.45, 2.75) is 24.3 Å². The number of benzene rings is 2. The molecule has 4 N–H and O–H groups in total. The molecule has 28 heavy (non-hydrogen) atoms. The summed E-state index contributed by atoms with van der Waals surface area (Å²) in [5.74, 6) is 0. The molecule has 1 fully saturated rings. The maximum Gasteiger partial charge on any atom is 0.0656 e. The molecule has 2 aromatic carbocycles. The number of likely N-dealkylation sites (tertiary alicyclic amines) is 1. The summed E-state index contributed by atoms with van der Waals surface area (Å²) in [6, 6.07) is 16.8. The van der Waals surface area contributed by atoms with E-state index in [9.17, 15) is 0 Å². The lowest BCUT2D eigenvalue weighted by Crippen LogP contribution is -2.52. The highest BCUT2D eigenvalue weighted by molar-refractivity contribution is 7.97. The van der Waals surface area contributed by atoms with Gasteiger partial charge in [-0.3, -0.25) is 9.62 Å². The number of hydrogen-bond acceptors (Lipinski definition) is 5. The van der Waals surface area contributed by atoms with Crippen LogP contribution in [-0.4, -0.2) is 47.8 Å². The van der Waals surface area contributed by atoms with Crippen LogP contribution in [0.1, 0.15) is 18.9 Å². The first kappa shape index (κ1) is 19.1. The van der Waals surface area contributed by atoms with Gasteiger partial charge in [-0.25, -0.2) is 0 Å². The predicted octanol–water partition coefficient (Wildman–Crippen LogP) is 4.34. The lowest BCUT2D eigenvalue weighted by molar-refractivity contribution is 0.156. The Morgan fingerprint density at radius 3 is 2.86 bits per heavy atom. The van der Waals surface area contributed by atoms with Crippen molar-refractivity contribution in [1.29, 1.82) is 5.41 Å². The maximum atomic E-state index is 8.91. The maximum absolute atomic E-state index is 8.91. The summed E-state index contributed by atoms with van der Waals surface area (Å²) in [5.41, 5.74) is 3.88. The molecule has 2 heterocycles. The quantitative estimate of drug-likeness (QED) is 0.323. The number of anilines is 1. The number of H-pyrrole nitrogens is 1. The predicted molar refractivity (Wildman–Crippen MR) is 120 cm³/mol. The van der Waals surface area contributed by atoms with Gasteiger partial charge in [0.25, 0.3) is 0 Å². The Labute approximate surface area is 170 Å². The van der Waals surface area contributed by atoms with Gasteiger partial charge in [0.15, 0.2) is 0 Å². The number of aromatic nitrogens is 1. The average Bonchev–Trinajstić information content (AvgIpc) is 3.14. The summed E-state index contributed by atoms with van der Waals surface area (Å²) in [4.78, 5) is 6.84. The van der Waals surface area contributed by atoms with E-state index in [1.165, 1.54) is 16.7 Å². The highest BCUT2D eigenvalue weighted by Crippen LogP contribution is 2.24. The first-order valence-electron chi connectivity index (χ1n) is 9.89. The summed E-state index contributed by atoms with van der Waals surface area (Å²) in [6.07, 6.45) is 3.19. The standard InChI is InChI=1S/C22H27N5S/c1-2-24-19-7-4-3-6-18(19)22(23)21(27-12-5-13-27)15-26-28-17-9-8-16-10-11-25-20(16)14-17/h3-4,6-11,14,21,23-26H,2,5,12-13,15H2,1H3. The molecule has 3 aromatic rings. The van der Waals surface area contributed by atoms with Crippen LogP contribution in [0.15, 0.2) is 59.6 Å². The molecule has 0 radical (unpaired) electrons. The second-order valence-electron chi connectivity index (χ2n) is 7.07. The highest BCUT2D eigenvalue weighted by Gasteiger charge is 2.28. The Balaban J connectivity index is 1.45. The lowest BCUT2D eigenvalue weighted by atomic mass is 9.97. The summed E-state index contributed by atoms with van der Waals surface area (Å²) in [7, 11) is 0.